The van der Waals surface area contributed by atoms with E-state index in [1.807, 2.05) is 23.6 Å². The Kier molecular flexibility index (Phi) is 18.6. The number of carbonyl (C=O) groups is 5. The number of rotatable bonds is 26. The van der Waals surface area contributed by atoms with Crippen LogP contribution in [0.5, 0.6) is 5.75 Å². The molecular weight excluding hydrogens is 923 g/mol. The molecule has 1 aliphatic carbocycles. The first-order valence-corrected chi connectivity index (χ1v) is 23.9. The summed E-state index contributed by atoms with van der Waals surface area (Å²) in [6.45, 7) is 3.91. The number of hydrogen-bond acceptors (Lipinski definition) is 15. The number of nitrogens with zero attached hydrogens (tertiary/aromatic N) is 3. The minimum atomic E-state index is -0.748. The molecule has 364 valence electrons. The molecule has 3 aliphatic rings. The first-order chi connectivity index (χ1) is 33.1. The van der Waals surface area contributed by atoms with Crippen molar-refractivity contribution in [3.63, 3.8) is 0 Å². The van der Waals surface area contributed by atoms with E-state index in [2.05, 4.69) is 31.6 Å². The lowest BCUT2D eigenvalue weighted by molar-refractivity contribution is -0.137. The van der Waals surface area contributed by atoms with E-state index in [1.165, 1.54) is 22.3 Å². The van der Waals surface area contributed by atoms with E-state index in [9.17, 15) is 28.4 Å². The molecule has 2 aromatic heterocycles. The molecule has 68 heavy (non-hydrogen) atoms. The Morgan fingerprint density at radius 2 is 1.60 bits per heavy atom. The van der Waals surface area contributed by atoms with Gasteiger partial charge < -0.3 is 49.9 Å². The summed E-state index contributed by atoms with van der Waals surface area (Å²) in [5, 5.41) is 17.2. The number of piperidine rings is 1. The maximum Gasteiger partial charge on any atom is 0.255 e. The van der Waals surface area contributed by atoms with Crippen molar-refractivity contribution < 1.29 is 52.0 Å². The summed E-state index contributed by atoms with van der Waals surface area (Å²) >= 11 is 7.45. The number of nitrogens with one attached hydrogen (secondary N) is 5. The van der Waals surface area contributed by atoms with Gasteiger partial charge in [-0.3, -0.25) is 29.3 Å². The number of ether oxygens (including phenoxy) is 5. The lowest BCUT2D eigenvalue weighted by Crippen LogP contribution is -2.52. The Morgan fingerprint density at radius 1 is 0.882 bits per heavy atom. The zero-order valence-corrected chi connectivity index (χ0v) is 39.1. The zero-order chi connectivity index (χ0) is 47.7. The van der Waals surface area contributed by atoms with Crippen LogP contribution < -0.4 is 31.3 Å². The highest BCUT2D eigenvalue weighted by Gasteiger charge is 2.43. The molecule has 1 saturated carbocycles. The quantitative estimate of drug-likeness (QED) is 0.0422. The normalized spacial score (nSPS) is 19.1. The summed E-state index contributed by atoms with van der Waals surface area (Å²) in [6, 6.07) is 14.6. The maximum atomic E-state index is 14.6. The van der Waals surface area contributed by atoms with Gasteiger partial charge in [0, 0.05) is 73.1 Å². The smallest absolute Gasteiger partial charge is 0.255 e. The zero-order valence-electron chi connectivity index (χ0n) is 37.5. The fourth-order valence-corrected chi connectivity index (χ4v) is 9.02. The van der Waals surface area contributed by atoms with Crippen LogP contribution in [0.25, 0.3) is 0 Å². The van der Waals surface area contributed by atoms with Crippen molar-refractivity contribution in [2.24, 2.45) is 5.41 Å². The van der Waals surface area contributed by atoms with Gasteiger partial charge in [-0.2, -0.15) is 0 Å². The van der Waals surface area contributed by atoms with Crippen LogP contribution in [0, 0.1) is 11.2 Å². The lowest BCUT2D eigenvalue weighted by atomic mass is 9.69. The van der Waals surface area contributed by atoms with Gasteiger partial charge in [-0.05, 0) is 68.5 Å². The number of carbonyl (C=O) groups excluding carboxylic acids is 5. The number of anilines is 3. The lowest BCUT2D eigenvalue weighted by Gasteiger charge is -2.39. The minimum Gasteiger partial charge on any atom is -0.487 e. The highest BCUT2D eigenvalue weighted by atomic mass is 35.5. The van der Waals surface area contributed by atoms with Gasteiger partial charge in [-0.15, -0.1) is 11.3 Å². The fraction of sp³-hybridized carbons (Fsp3) is 0.468. The number of hydrogen-bond donors (Lipinski definition) is 5. The van der Waals surface area contributed by atoms with Gasteiger partial charge in [0.15, 0.2) is 16.7 Å². The molecule has 4 aromatic rings. The van der Waals surface area contributed by atoms with Crippen LogP contribution in [0.2, 0.25) is 5.02 Å². The van der Waals surface area contributed by atoms with Gasteiger partial charge in [0.05, 0.1) is 62.8 Å². The Bertz CT molecular complexity index is 2360. The molecule has 5 amide bonds. The molecule has 18 nitrogen and oxygen atoms in total. The van der Waals surface area contributed by atoms with E-state index in [0.717, 1.165) is 10.8 Å². The minimum absolute atomic E-state index is 0.00124. The number of amides is 5. The van der Waals surface area contributed by atoms with Gasteiger partial charge in [-0.25, -0.2) is 14.4 Å². The van der Waals surface area contributed by atoms with E-state index < -0.39 is 29.1 Å². The number of thiazole rings is 1. The summed E-state index contributed by atoms with van der Waals surface area (Å²) in [6.07, 6.45) is 4.42. The van der Waals surface area contributed by atoms with Crippen molar-refractivity contribution in [2.75, 3.05) is 83.1 Å². The van der Waals surface area contributed by atoms with Crippen molar-refractivity contribution in [1.29, 1.82) is 0 Å². The summed E-state index contributed by atoms with van der Waals surface area (Å²) < 4.78 is 43.0. The van der Waals surface area contributed by atoms with Gasteiger partial charge in [0.25, 0.3) is 5.91 Å². The molecule has 0 radical (unpaired) electrons. The summed E-state index contributed by atoms with van der Waals surface area (Å²) in [7, 11) is 0. The molecule has 2 fully saturated rings. The van der Waals surface area contributed by atoms with Gasteiger partial charge in [0.1, 0.15) is 18.5 Å². The number of imide groups is 1. The van der Waals surface area contributed by atoms with Crippen LogP contribution in [0.1, 0.15) is 60.1 Å². The van der Waals surface area contributed by atoms with Crippen molar-refractivity contribution in [3.05, 3.63) is 93.8 Å². The Balaban J connectivity index is 0.720. The van der Waals surface area contributed by atoms with E-state index in [-0.39, 0.29) is 73.8 Å². The first-order valence-electron chi connectivity index (χ1n) is 22.7. The van der Waals surface area contributed by atoms with Crippen LogP contribution in [0.15, 0.2) is 66.2 Å². The summed E-state index contributed by atoms with van der Waals surface area (Å²) in [5.74, 6) is -1.50. The molecule has 0 bridgehead atoms. The molecular formula is C47H56ClFN8O10S. The van der Waals surface area contributed by atoms with Crippen LogP contribution in [-0.2, 0) is 51.1 Å². The largest absolute Gasteiger partial charge is 0.487 e. The Hall–Kier alpha value is -5.61. The summed E-state index contributed by atoms with van der Waals surface area (Å²) in [4.78, 5) is 74.0. The molecule has 5 N–H and O–H groups in total. The monoisotopic (exact) mass is 978 g/mol. The predicted octanol–water partition coefficient (Wildman–Crippen LogP) is 4.80. The van der Waals surface area contributed by atoms with E-state index in [1.54, 1.807) is 36.5 Å². The second-order valence-electron chi connectivity index (χ2n) is 16.5. The standard InChI is InChI=1S/C47H56ClFN8O10S/c48-35-6-3-8-38(42(35)49)67-32-12-14-47(15-13-32,28-31-4-1-9-39(53-31)55-46-52-19-27-68-46)45(62)51-18-22-63-20-16-50-17-21-64-23-24-65-25-26-66-30-41(59)54-36-7-2-5-33-34(36)29-57(44(33)61)37-10-11-40(58)56-43(37)60/h1-9,19,27,32,37,50H,10-18,20-26,28-30H2,(H,51,62)(H,54,59)(H,52,53,55)(H,56,58,60)/t32-,37?,47-. The number of fused-ring (bicyclic) bond motifs is 1. The molecule has 1 saturated heterocycles. The van der Waals surface area contributed by atoms with E-state index >= 15 is 0 Å². The predicted molar refractivity (Wildman–Crippen MR) is 250 cm³/mol. The highest BCUT2D eigenvalue weighted by molar-refractivity contribution is 7.13. The van der Waals surface area contributed by atoms with E-state index in [0.29, 0.717) is 107 Å². The van der Waals surface area contributed by atoms with Crippen molar-refractivity contribution in [1.82, 2.24) is 30.8 Å². The Labute approximate surface area is 402 Å². The second kappa shape index (κ2) is 25.1. The molecule has 1 atom stereocenters. The molecule has 2 aromatic carbocycles. The van der Waals surface area contributed by atoms with Crippen molar-refractivity contribution in [2.45, 2.75) is 63.6 Å². The molecule has 7 rings (SSSR count). The topological polar surface area (TPSA) is 221 Å². The van der Waals surface area contributed by atoms with Crippen LogP contribution in [0.4, 0.5) is 21.0 Å². The Morgan fingerprint density at radius 3 is 2.37 bits per heavy atom. The maximum absolute atomic E-state index is 14.6. The SMILES string of the molecule is O=C1CCC(N2Cc3c(NC(=O)COCCOCCOCCNCCOCCNC(=O)[C@]4(Cc5cccc(Nc6nccs6)n5)CC[C@@H](Oc5cccc(Cl)c5F)CC4)cccc3C2=O)C(=O)N1. The van der Waals surface area contributed by atoms with Gasteiger partial charge in [0.2, 0.25) is 23.6 Å². The van der Waals surface area contributed by atoms with Crippen molar-refractivity contribution >= 4 is 69.1 Å². The summed E-state index contributed by atoms with van der Waals surface area (Å²) in [5.41, 5.74) is 1.50. The van der Waals surface area contributed by atoms with Crippen LogP contribution in [-0.4, -0.2) is 129 Å². The third-order valence-corrected chi connectivity index (χ3v) is 12.8. The molecule has 4 heterocycles. The number of pyridine rings is 1. The molecule has 2 aliphatic heterocycles. The highest BCUT2D eigenvalue weighted by Crippen LogP contribution is 2.41. The molecule has 1 unspecified atom stereocenters. The van der Waals surface area contributed by atoms with Crippen molar-refractivity contribution in [3.8, 4) is 5.75 Å². The van der Waals surface area contributed by atoms with Crippen LogP contribution >= 0.6 is 22.9 Å². The second-order valence-corrected chi connectivity index (χ2v) is 17.8. The number of aromatic nitrogens is 2. The number of halogens is 2. The third kappa shape index (κ3) is 14.0. The average Bonchev–Trinajstić information content (AvgIpc) is 3.97. The van der Waals surface area contributed by atoms with E-state index in [4.69, 9.17) is 40.3 Å². The number of benzene rings is 2. The first kappa shape index (κ1) is 50.3. The third-order valence-electron chi connectivity index (χ3n) is 11.8. The van der Waals surface area contributed by atoms with Gasteiger partial charge in [-0.1, -0.05) is 29.8 Å². The molecule has 0 spiro atoms. The fourth-order valence-electron chi connectivity index (χ4n) is 8.32. The molecule has 21 heteroatoms. The average molecular weight is 980 g/mol. The van der Waals surface area contributed by atoms with Crippen LogP contribution in [0.3, 0.4) is 0 Å². The van der Waals surface area contributed by atoms with Gasteiger partial charge >= 0.3 is 0 Å².